The number of halogens is 1. The Morgan fingerprint density at radius 3 is 2.27 bits per heavy atom. The molecule has 1 unspecified atom stereocenters. The number of benzene rings is 1. The van der Waals surface area contributed by atoms with Gasteiger partial charge in [-0.25, -0.2) is 4.79 Å². The summed E-state index contributed by atoms with van der Waals surface area (Å²) in [5.74, 6) is -0.328. The maximum absolute atomic E-state index is 11.7. The Hall–Kier alpha value is -0.880. The number of nitrogens with zero attached hydrogens (tertiary/aromatic N) is 1. The van der Waals surface area contributed by atoms with Crippen LogP contribution in [0.5, 0.6) is 0 Å². The van der Waals surface area contributed by atoms with Gasteiger partial charge in [0.2, 0.25) is 6.23 Å². The minimum atomic E-state index is -0.328. The molecule has 0 aliphatic heterocycles. The maximum Gasteiger partial charge on any atom is 0.334 e. The normalized spacial score (nSPS) is 12.1. The molecule has 0 spiro atoms. The summed E-state index contributed by atoms with van der Waals surface area (Å²) in [6, 6.07) is 10.4. The van der Waals surface area contributed by atoms with Gasteiger partial charge in [0.25, 0.3) is 0 Å². The first-order valence-electron chi connectivity index (χ1n) is 7.84. The van der Waals surface area contributed by atoms with Crippen LogP contribution in [0.3, 0.4) is 0 Å². The highest BCUT2D eigenvalue weighted by Crippen LogP contribution is 2.24. The van der Waals surface area contributed by atoms with Crippen molar-refractivity contribution >= 4 is 5.97 Å². The maximum atomic E-state index is 11.7. The molecule has 1 atom stereocenters. The summed E-state index contributed by atoms with van der Waals surface area (Å²) >= 11 is 0. The molecule has 0 aliphatic carbocycles. The smallest absolute Gasteiger partial charge is 0.334 e. The monoisotopic (exact) mass is 417 g/mol. The molecular weight excluding hydrogens is 389 g/mol. The lowest BCUT2D eigenvalue weighted by Crippen LogP contribution is -3.00. The Labute approximate surface area is 152 Å². The average molecular weight is 417 g/mol. The van der Waals surface area contributed by atoms with Crippen molar-refractivity contribution < 1.29 is 38.0 Å². The van der Waals surface area contributed by atoms with E-state index in [1.807, 2.05) is 6.07 Å². The molecule has 0 aliphatic rings. The second-order valence-corrected chi connectivity index (χ2v) is 5.38. The minimum Gasteiger partial charge on any atom is -1.00 e. The third kappa shape index (κ3) is 5.72. The molecule has 0 fully saturated rings. The lowest BCUT2D eigenvalue weighted by Gasteiger charge is -2.42. The highest BCUT2D eigenvalue weighted by Gasteiger charge is 2.36. The zero-order valence-corrected chi connectivity index (χ0v) is 16.1. The van der Waals surface area contributed by atoms with E-state index < -0.39 is 0 Å². The number of hydrogen-bond donors (Lipinski definition) is 0. The van der Waals surface area contributed by atoms with Gasteiger partial charge in [-0.3, -0.25) is 4.48 Å². The Kier molecular flexibility index (Phi) is 10.3. The highest BCUT2D eigenvalue weighted by molar-refractivity contribution is 5.81. The van der Waals surface area contributed by atoms with E-state index in [0.29, 0.717) is 0 Å². The lowest BCUT2D eigenvalue weighted by molar-refractivity contribution is -0.978. The summed E-state index contributed by atoms with van der Waals surface area (Å²) in [6.07, 6.45) is 3.00. The second kappa shape index (κ2) is 10.8. The molecule has 0 saturated heterocycles. The van der Waals surface area contributed by atoms with Gasteiger partial charge in [-0.05, 0) is 20.3 Å². The van der Waals surface area contributed by atoms with Crippen LogP contribution in [0.2, 0.25) is 0 Å². The lowest BCUT2D eigenvalue weighted by atomic mass is 10.1. The molecule has 4 heteroatoms. The van der Waals surface area contributed by atoms with Crippen LogP contribution in [0.1, 0.15) is 39.2 Å². The number of carbonyl (C=O) groups is 1. The van der Waals surface area contributed by atoms with E-state index in [4.69, 9.17) is 4.74 Å². The molecule has 3 nitrogen and oxygen atoms in total. The third-order valence-corrected chi connectivity index (χ3v) is 4.17. The fourth-order valence-corrected chi connectivity index (χ4v) is 2.78. The Balaban J connectivity index is 0.00000441. The van der Waals surface area contributed by atoms with Gasteiger partial charge in [0.15, 0.2) is 0 Å². The third-order valence-electron chi connectivity index (χ3n) is 4.17. The van der Waals surface area contributed by atoms with E-state index in [1.54, 1.807) is 0 Å². The van der Waals surface area contributed by atoms with Crippen LogP contribution in [0.4, 0.5) is 0 Å². The van der Waals surface area contributed by atoms with E-state index in [1.165, 1.54) is 11.6 Å². The van der Waals surface area contributed by atoms with Gasteiger partial charge < -0.3 is 28.7 Å². The fourth-order valence-electron chi connectivity index (χ4n) is 2.78. The Bertz CT molecular complexity index is 444. The van der Waals surface area contributed by atoms with Crippen LogP contribution >= 0.6 is 0 Å². The van der Waals surface area contributed by atoms with Crippen molar-refractivity contribution in [3.8, 4) is 0 Å². The van der Waals surface area contributed by atoms with Crippen molar-refractivity contribution in [2.75, 3.05) is 13.1 Å². The first-order chi connectivity index (χ1) is 10.1. The van der Waals surface area contributed by atoms with Gasteiger partial charge in [0, 0.05) is 18.1 Å². The van der Waals surface area contributed by atoms with Crippen molar-refractivity contribution in [3.63, 3.8) is 0 Å². The first kappa shape index (κ1) is 21.1. The van der Waals surface area contributed by atoms with E-state index in [2.05, 4.69) is 51.6 Å². The molecule has 0 heterocycles. The Morgan fingerprint density at radius 1 is 1.23 bits per heavy atom. The van der Waals surface area contributed by atoms with Crippen LogP contribution in [0, 0.1) is 0 Å². The molecule has 124 valence electrons. The summed E-state index contributed by atoms with van der Waals surface area (Å²) < 4.78 is 6.44. The zero-order chi connectivity index (χ0) is 15.7. The molecule has 0 aromatic heterocycles. The Morgan fingerprint density at radius 2 is 1.82 bits per heavy atom. The van der Waals surface area contributed by atoms with Gasteiger partial charge in [-0.2, -0.15) is 0 Å². The van der Waals surface area contributed by atoms with Crippen molar-refractivity contribution in [1.82, 2.24) is 0 Å². The summed E-state index contributed by atoms with van der Waals surface area (Å²) in [6.45, 7) is 12.7. The van der Waals surface area contributed by atoms with Crippen LogP contribution in [-0.4, -0.2) is 29.8 Å². The molecular formula is C18H28INO2. The van der Waals surface area contributed by atoms with Crippen LogP contribution in [0.15, 0.2) is 43.0 Å². The molecule has 1 rings (SSSR count). The van der Waals surface area contributed by atoms with E-state index in [9.17, 15) is 4.79 Å². The number of quaternary nitrogens is 1. The molecule has 0 radical (unpaired) electrons. The van der Waals surface area contributed by atoms with Gasteiger partial charge in [-0.1, -0.05) is 43.8 Å². The number of esters is 1. The van der Waals surface area contributed by atoms with Crippen molar-refractivity contribution in [3.05, 3.63) is 48.6 Å². The minimum absolute atomic E-state index is 0. The van der Waals surface area contributed by atoms with E-state index in [-0.39, 0.29) is 36.2 Å². The number of ether oxygens (including phenoxy) is 1. The molecule has 0 bridgehead atoms. The van der Waals surface area contributed by atoms with Crippen LogP contribution < -0.4 is 24.0 Å². The first-order valence-corrected chi connectivity index (χ1v) is 7.84. The van der Waals surface area contributed by atoms with Gasteiger partial charge in [0.05, 0.1) is 13.1 Å². The number of rotatable bonds is 9. The summed E-state index contributed by atoms with van der Waals surface area (Å²) in [5, 5.41) is 0. The van der Waals surface area contributed by atoms with Gasteiger partial charge >= 0.3 is 5.97 Å². The predicted octanol–water partition coefficient (Wildman–Crippen LogP) is 0.903. The molecule has 1 aromatic rings. The highest BCUT2D eigenvalue weighted by atomic mass is 127. The largest absolute Gasteiger partial charge is 1.00 e. The van der Waals surface area contributed by atoms with Crippen LogP contribution in [-0.2, 0) is 16.1 Å². The van der Waals surface area contributed by atoms with Crippen molar-refractivity contribution in [2.45, 2.75) is 46.4 Å². The van der Waals surface area contributed by atoms with Gasteiger partial charge in [-0.15, -0.1) is 0 Å². The van der Waals surface area contributed by atoms with Gasteiger partial charge in [0.1, 0.15) is 6.54 Å². The fraction of sp³-hybridized carbons (Fsp3) is 0.500. The number of hydrogen-bond acceptors (Lipinski definition) is 2. The quantitative estimate of drug-likeness (QED) is 0.196. The SMILES string of the molecule is C=CC(=O)OC(CCC)[N+](CC)(CC)Cc1ccccc1.[I-]. The van der Waals surface area contributed by atoms with Crippen molar-refractivity contribution in [1.29, 1.82) is 0 Å². The molecule has 0 amide bonds. The average Bonchev–Trinajstić information content (AvgIpc) is 2.53. The standard InChI is InChI=1S/C18H28NO2.HI/c1-5-12-17(21-18(20)6-2)19(7-3,8-4)15-16-13-10-9-11-14-16;/h6,9-11,13-14,17H,2,5,7-8,12,15H2,1,3-4H3;1H/q+1;/p-1. The summed E-state index contributed by atoms with van der Waals surface area (Å²) in [5.41, 5.74) is 1.27. The molecule has 0 saturated carbocycles. The topological polar surface area (TPSA) is 26.3 Å². The second-order valence-electron chi connectivity index (χ2n) is 5.38. The zero-order valence-electron chi connectivity index (χ0n) is 13.9. The predicted molar refractivity (Wildman–Crippen MR) is 86.5 cm³/mol. The van der Waals surface area contributed by atoms with E-state index in [0.717, 1.165) is 37.0 Å². The summed E-state index contributed by atoms with van der Waals surface area (Å²) in [4.78, 5) is 11.7. The van der Waals surface area contributed by atoms with Crippen molar-refractivity contribution in [2.24, 2.45) is 0 Å². The van der Waals surface area contributed by atoms with Crippen LogP contribution in [0.25, 0.3) is 0 Å². The summed E-state index contributed by atoms with van der Waals surface area (Å²) in [7, 11) is 0. The molecule has 1 aromatic carbocycles. The number of carbonyl (C=O) groups excluding carboxylic acids is 1. The van der Waals surface area contributed by atoms with E-state index >= 15 is 0 Å². The molecule has 0 N–H and O–H groups in total. The molecule has 22 heavy (non-hydrogen) atoms.